The third-order valence-corrected chi connectivity index (χ3v) is 4.70. The Bertz CT molecular complexity index is 881. The predicted molar refractivity (Wildman–Crippen MR) is 105 cm³/mol. The highest BCUT2D eigenvalue weighted by Crippen LogP contribution is 2.24. The molecule has 5 heteroatoms. The maximum atomic E-state index is 6.03. The molecular weight excluding hydrogens is 346 g/mol. The van der Waals surface area contributed by atoms with Crippen LogP contribution in [0.25, 0.3) is 16.9 Å². The Morgan fingerprint density at radius 2 is 1.96 bits per heavy atom. The fraction of sp³-hybridized carbons (Fsp3) is 0.238. The van der Waals surface area contributed by atoms with Crippen molar-refractivity contribution in [3.63, 3.8) is 0 Å². The third kappa shape index (κ3) is 3.87. The van der Waals surface area contributed by atoms with Crippen molar-refractivity contribution in [1.29, 1.82) is 0 Å². The first-order chi connectivity index (χ1) is 12.8. The van der Waals surface area contributed by atoms with Gasteiger partial charge in [0.25, 0.3) is 0 Å². The average Bonchev–Trinajstić information content (AvgIpc) is 3.33. The molecule has 3 aromatic rings. The van der Waals surface area contributed by atoms with Gasteiger partial charge < -0.3 is 4.74 Å². The molecule has 0 unspecified atom stereocenters. The van der Waals surface area contributed by atoms with Crippen LogP contribution in [-0.2, 0) is 4.74 Å². The van der Waals surface area contributed by atoms with Crippen LogP contribution in [0, 0.1) is 0 Å². The third-order valence-electron chi connectivity index (χ3n) is 4.44. The van der Waals surface area contributed by atoms with Gasteiger partial charge in [-0.3, -0.25) is 4.99 Å². The van der Waals surface area contributed by atoms with E-state index >= 15 is 0 Å². The van der Waals surface area contributed by atoms with Crippen LogP contribution in [0.4, 0.5) is 0 Å². The van der Waals surface area contributed by atoms with Gasteiger partial charge in [-0.05, 0) is 37.1 Å². The van der Waals surface area contributed by atoms with Crippen LogP contribution in [0.15, 0.2) is 65.8 Å². The SMILES string of the molecule is Clc1ccc(-c2nn(-c3ccccc3)cc2C=NC[C@@H]2CCCO2)cc1. The molecule has 0 saturated carbocycles. The van der Waals surface area contributed by atoms with Gasteiger partial charge in [-0.1, -0.05) is 41.9 Å². The van der Waals surface area contributed by atoms with Gasteiger partial charge in [0.2, 0.25) is 0 Å². The Morgan fingerprint density at radius 1 is 1.15 bits per heavy atom. The molecule has 4 nitrogen and oxygen atoms in total. The molecule has 4 rings (SSSR count). The van der Waals surface area contributed by atoms with Crippen LogP contribution < -0.4 is 0 Å². The van der Waals surface area contributed by atoms with E-state index in [0.29, 0.717) is 11.6 Å². The number of aliphatic imine (C=N–C) groups is 1. The largest absolute Gasteiger partial charge is 0.376 e. The monoisotopic (exact) mass is 365 g/mol. The molecule has 2 aromatic carbocycles. The lowest BCUT2D eigenvalue weighted by atomic mass is 10.1. The zero-order valence-corrected chi connectivity index (χ0v) is 15.1. The zero-order valence-electron chi connectivity index (χ0n) is 14.4. The molecular formula is C21H20ClN3O. The van der Waals surface area contributed by atoms with E-state index in [1.54, 1.807) is 0 Å². The summed E-state index contributed by atoms with van der Waals surface area (Å²) in [6.45, 7) is 1.54. The lowest BCUT2D eigenvalue weighted by Gasteiger charge is -2.04. The Morgan fingerprint density at radius 3 is 2.69 bits per heavy atom. The predicted octanol–water partition coefficient (Wildman–Crippen LogP) is 4.79. The van der Waals surface area contributed by atoms with E-state index in [1.165, 1.54) is 0 Å². The molecule has 0 bridgehead atoms. The maximum absolute atomic E-state index is 6.03. The fourth-order valence-corrected chi connectivity index (χ4v) is 3.21. The average molecular weight is 366 g/mol. The summed E-state index contributed by atoms with van der Waals surface area (Å²) in [5.74, 6) is 0. The molecule has 0 N–H and O–H groups in total. The number of para-hydroxylation sites is 1. The molecule has 1 fully saturated rings. The van der Waals surface area contributed by atoms with Crippen molar-refractivity contribution < 1.29 is 4.74 Å². The first kappa shape index (κ1) is 17.0. The normalized spacial score (nSPS) is 17.2. The topological polar surface area (TPSA) is 39.4 Å². The summed E-state index contributed by atoms with van der Waals surface area (Å²) in [4.78, 5) is 4.60. The first-order valence-corrected chi connectivity index (χ1v) is 9.20. The second kappa shape index (κ2) is 7.85. The summed E-state index contributed by atoms with van der Waals surface area (Å²) in [5, 5.41) is 5.49. The highest BCUT2D eigenvalue weighted by molar-refractivity contribution is 6.30. The number of hydrogen-bond acceptors (Lipinski definition) is 3. The summed E-state index contributed by atoms with van der Waals surface area (Å²) in [6.07, 6.45) is 6.37. The van der Waals surface area contributed by atoms with Crippen LogP contribution in [0.2, 0.25) is 5.02 Å². The Labute approximate surface area is 158 Å². The van der Waals surface area contributed by atoms with Gasteiger partial charge >= 0.3 is 0 Å². The molecule has 0 spiro atoms. The van der Waals surface area contributed by atoms with E-state index in [9.17, 15) is 0 Å². The fourth-order valence-electron chi connectivity index (χ4n) is 3.08. The molecule has 1 saturated heterocycles. The van der Waals surface area contributed by atoms with Crippen molar-refractivity contribution in [3.05, 3.63) is 71.4 Å². The van der Waals surface area contributed by atoms with Gasteiger partial charge in [-0.25, -0.2) is 4.68 Å². The van der Waals surface area contributed by atoms with E-state index in [0.717, 1.165) is 42.0 Å². The maximum Gasteiger partial charge on any atom is 0.101 e. The number of nitrogens with zero attached hydrogens (tertiary/aromatic N) is 3. The second-order valence-electron chi connectivity index (χ2n) is 6.35. The van der Waals surface area contributed by atoms with Gasteiger partial charge in [-0.15, -0.1) is 0 Å². The summed E-state index contributed by atoms with van der Waals surface area (Å²) in [5.41, 5.74) is 3.90. The summed E-state index contributed by atoms with van der Waals surface area (Å²) >= 11 is 6.03. The van der Waals surface area contributed by atoms with Crippen molar-refractivity contribution >= 4 is 17.8 Å². The van der Waals surface area contributed by atoms with Gasteiger partial charge in [0, 0.05) is 35.2 Å². The van der Waals surface area contributed by atoms with Crippen molar-refractivity contribution in [1.82, 2.24) is 9.78 Å². The van der Waals surface area contributed by atoms with Gasteiger partial charge in [0.05, 0.1) is 18.3 Å². The highest BCUT2D eigenvalue weighted by Gasteiger charge is 2.15. The van der Waals surface area contributed by atoms with Crippen LogP contribution in [0.1, 0.15) is 18.4 Å². The van der Waals surface area contributed by atoms with Crippen molar-refractivity contribution in [2.24, 2.45) is 4.99 Å². The smallest absolute Gasteiger partial charge is 0.101 e. The molecule has 0 aliphatic carbocycles. The minimum Gasteiger partial charge on any atom is -0.376 e. The van der Waals surface area contributed by atoms with Crippen molar-refractivity contribution in [3.8, 4) is 16.9 Å². The van der Waals surface area contributed by atoms with Gasteiger partial charge in [0.1, 0.15) is 5.69 Å². The number of halogens is 1. The minimum absolute atomic E-state index is 0.245. The van der Waals surface area contributed by atoms with Gasteiger partial charge in [-0.2, -0.15) is 5.10 Å². The van der Waals surface area contributed by atoms with Crippen LogP contribution >= 0.6 is 11.6 Å². The number of rotatable bonds is 5. The summed E-state index contributed by atoms with van der Waals surface area (Å²) < 4.78 is 7.53. The van der Waals surface area contributed by atoms with E-state index in [2.05, 4.69) is 4.99 Å². The number of hydrogen-bond donors (Lipinski definition) is 0. The van der Waals surface area contributed by atoms with E-state index in [1.807, 2.05) is 71.7 Å². The molecule has 1 aromatic heterocycles. The van der Waals surface area contributed by atoms with Crippen LogP contribution in [-0.4, -0.2) is 35.3 Å². The molecule has 26 heavy (non-hydrogen) atoms. The number of aromatic nitrogens is 2. The lowest BCUT2D eigenvalue weighted by Crippen LogP contribution is -2.08. The molecule has 1 atom stereocenters. The number of ether oxygens (including phenoxy) is 1. The standard InChI is InChI=1S/C21H20ClN3O/c22-18-10-8-16(9-11-18)21-17(13-23-14-20-7-4-12-26-20)15-25(24-21)19-5-2-1-3-6-19/h1-3,5-6,8-11,13,15,20H,4,7,12,14H2/t20-/m0/s1. The first-order valence-electron chi connectivity index (χ1n) is 8.82. The highest BCUT2D eigenvalue weighted by atomic mass is 35.5. The summed E-state index contributed by atoms with van der Waals surface area (Å²) in [7, 11) is 0. The number of benzene rings is 2. The molecule has 0 radical (unpaired) electrons. The van der Waals surface area contributed by atoms with Gasteiger partial charge in [0.15, 0.2) is 0 Å². The Balaban J connectivity index is 1.66. The molecule has 0 amide bonds. The molecule has 1 aliphatic rings. The Kier molecular flexibility index (Phi) is 5.14. The molecule has 1 aliphatic heterocycles. The van der Waals surface area contributed by atoms with Crippen molar-refractivity contribution in [2.45, 2.75) is 18.9 Å². The van der Waals surface area contributed by atoms with E-state index < -0.39 is 0 Å². The second-order valence-corrected chi connectivity index (χ2v) is 6.79. The van der Waals surface area contributed by atoms with Crippen LogP contribution in [0.3, 0.4) is 0 Å². The minimum atomic E-state index is 0.245. The van der Waals surface area contributed by atoms with Crippen molar-refractivity contribution in [2.75, 3.05) is 13.2 Å². The van der Waals surface area contributed by atoms with Crippen LogP contribution in [0.5, 0.6) is 0 Å². The zero-order chi connectivity index (χ0) is 17.8. The Hall–Kier alpha value is -2.43. The van der Waals surface area contributed by atoms with E-state index in [4.69, 9.17) is 21.4 Å². The quantitative estimate of drug-likeness (QED) is 0.610. The lowest BCUT2D eigenvalue weighted by molar-refractivity contribution is 0.118. The van der Waals surface area contributed by atoms with E-state index in [-0.39, 0.29) is 6.10 Å². The summed E-state index contributed by atoms with van der Waals surface area (Å²) in [6, 6.07) is 17.8. The molecule has 2 heterocycles. The molecule has 132 valence electrons.